The van der Waals surface area contributed by atoms with Crippen molar-refractivity contribution in [3.05, 3.63) is 29.8 Å². The quantitative estimate of drug-likeness (QED) is 0.798. The molecular weight excluding hydrogens is 333 g/mol. The summed E-state index contributed by atoms with van der Waals surface area (Å²) in [4.78, 5) is 24.9. The number of amides is 2. The van der Waals surface area contributed by atoms with Crippen molar-refractivity contribution in [3.8, 4) is 0 Å². The summed E-state index contributed by atoms with van der Waals surface area (Å²) in [5, 5.41) is 5.10. The number of carbonyl (C=O) groups excluding carboxylic acids is 2. The molecule has 1 aromatic rings. The van der Waals surface area contributed by atoms with E-state index < -0.39 is 29.0 Å². The van der Waals surface area contributed by atoms with Crippen LogP contribution in [-0.2, 0) is 15.8 Å². The number of anilines is 1. The maximum atomic E-state index is 13.0. The first-order valence-corrected chi connectivity index (χ1v) is 8.41. The fraction of sp³-hybridized carbons (Fsp3) is 0.556. The van der Waals surface area contributed by atoms with Crippen LogP contribution in [0.1, 0.15) is 51.5 Å². The number of benzene rings is 1. The molecule has 0 radical (unpaired) electrons. The molecule has 1 aliphatic rings. The molecular formula is C18H23F3N2O2. The summed E-state index contributed by atoms with van der Waals surface area (Å²) in [5.74, 6) is -1.24. The Balaban J connectivity index is 2.09. The summed E-state index contributed by atoms with van der Waals surface area (Å²) >= 11 is 0. The summed E-state index contributed by atoms with van der Waals surface area (Å²) in [6.45, 7) is 2.83. The smallest absolute Gasteiger partial charge is 0.352 e. The minimum atomic E-state index is -4.58. The van der Waals surface area contributed by atoms with Gasteiger partial charge >= 0.3 is 6.18 Å². The monoisotopic (exact) mass is 356 g/mol. The molecule has 1 aliphatic carbocycles. The SMILES string of the molecule is CC(C)(C(=O)Nc1ccccc1C(F)(F)F)C(=O)NC1CCCCC1. The first-order chi connectivity index (χ1) is 11.6. The molecule has 2 rings (SSSR count). The van der Waals surface area contributed by atoms with Gasteiger partial charge in [-0.1, -0.05) is 31.4 Å². The van der Waals surface area contributed by atoms with Gasteiger partial charge in [0.05, 0.1) is 11.3 Å². The van der Waals surface area contributed by atoms with Gasteiger partial charge in [-0.3, -0.25) is 9.59 Å². The van der Waals surface area contributed by atoms with E-state index >= 15 is 0 Å². The first-order valence-electron chi connectivity index (χ1n) is 8.41. The van der Waals surface area contributed by atoms with Gasteiger partial charge in [0.1, 0.15) is 5.41 Å². The van der Waals surface area contributed by atoms with Crippen LogP contribution in [0.5, 0.6) is 0 Å². The lowest BCUT2D eigenvalue weighted by Gasteiger charge is -2.28. The normalized spacial score (nSPS) is 16.4. The third kappa shape index (κ3) is 4.74. The second-order valence-electron chi connectivity index (χ2n) is 6.93. The predicted octanol–water partition coefficient (Wildman–Crippen LogP) is 4.12. The highest BCUT2D eigenvalue weighted by Crippen LogP contribution is 2.35. The van der Waals surface area contributed by atoms with Crippen molar-refractivity contribution in [3.63, 3.8) is 0 Å². The van der Waals surface area contributed by atoms with Crippen molar-refractivity contribution in [2.45, 2.75) is 58.2 Å². The molecule has 25 heavy (non-hydrogen) atoms. The highest BCUT2D eigenvalue weighted by molar-refractivity contribution is 6.10. The van der Waals surface area contributed by atoms with Crippen LogP contribution in [0.3, 0.4) is 0 Å². The topological polar surface area (TPSA) is 58.2 Å². The average Bonchev–Trinajstić information content (AvgIpc) is 2.55. The molecule has 0 bridgehead atoms. The van der Waals surface area contributed by atoms with Gasteiger partial charge in [-0.15, -0.1) is 0 Å². The number of nitrogens with one attached hydrogen (secondary N) is 2. The Morgan fingerprint density at radius 3 is 2.20 bits per heavy atom. The Bertz CT molecular complexity index is 635. The third-order valence-corrected chi connectivity index (χ3v) is 4.56. The summed E-state index contributed by atoms with van der Waals surface area (Å²) < 4.78 is 39.1. The number of para-hydroxylation sites is 1. The summed E-state index contributed by atoms with van der Waals surface area (Å²) in [6, 6.07) is 4.75. The first kappa shape index (κ1) is 19.3. The van der Waals surface area contributed by atoms with Crippen molar-refractivity contribution in [2.24, 2.45) is 5.41 Å². The molecule has 0 atom stereocenters. The zero-order chi connectivity index (χ0) is 18.7. The average molecular weight is 356 g/mol. The van der Waals surface area contributed by atoms with Crippen molar-refractivity contribution < 1.29 is 22.8 Å². The van der Waals surface area contributed by atoms with Gasteiger partial charge in [0, 0.05) is 6.04 Å². The van der Waals surface area contributed by atoms with Crippen LogP contribution >= 0.6 is 0 Å². The largest absolute Gasteiger partial charge is 0.418 e. The molecule has 0 spiro atoms. The molecule has 1 saturated carbocycles. The number of rotatable bonds is 4. The fourth-order valence-electron chi connectivity index (χ4n) is 2.83. The summed E-state index contributed by atoms with van der Waals surface area (Å²) in [6.07, 6.45) is 0.316. The molecule has 0 unspecified atom stereocenters. The van der Waals surface area contributed by atoms with E-state index in [1.807, 2.05) is 0 Å². The molecule has 2 amide bonds. The molecule has 7 heteroatoms. The van der Waals surface area contributed by atoms with E-state index in [1.54, 1.807) is 0 Å². The second kappa shape index (κ2) is 7.45. The highest BCUT2D eigenvalue weighted by Gasteiger charge is 2.39. The Kier molecular flexibility index (Phi) is 5.75. The summed E-state index contributed by atoms with van der Waals surface area (Å²) in [5.41, 5.74) is -2.76. The minimum Gasteiger partial charge on any atom is -0.352 e. The minimum absolute atomic E-state index is 0.0239. The van der Waals surface area contributed by atoms with Gasteiger partial charge in [0.2, 0.25) is 11.8 Å². The van der Waals surface area contributed by atoms with E-state index in [2.05, 4.69) is 10.6 Å². The van der Waals surface area contributed by atoms with Crippen LogP contribution < -0.4 is 10.6 Å². The van der Waals surface area contributed by atoms with Gasteiger partial charge in [0.15, 0.2) is 0 Å². The maximum Gasteiger partial charge on any atom is 0.418 e. The number of hydrogen-bond donors (Lipinski definition) is 2. The highest BCUT2D eigenvalue weighted by atomic mass is 19.4. The predicted molar refractivity (Wildman–Crippen MR) is 88.9 cm³/mol. The lowest BCUT2D eigenvalue weighted by molar-refractivity contribution is -0.139. The van der Waals surface area contributed by atoms with E-state index in [0.717, 1.165) is 38.2 Å². The molecule has 138 valence electrons. The van der Waals surface area contributed by atoms with E-state index in [0.29, 0.717) is 0 Å². The van der Waals surface area contributed by atoms with E-state index in [-0.39, 0.29) is 11.7 Å². The molecule has 0 aromatic heterocycles. The molecule has 1 aromatic carbocycles. The van der Waals surface area contributed by atoms with E-state index in [1.165, 1.54) is 32.0 Å². The number of hydrogen-bond acceptors (Lipinski definition) is 2. The molecule has 0 heterocycles. The number of halogens is 3. The zero-order valence-corrected chi connectivity index (χ0v) is 14.4. The van der Waals surface area contributed by atoms with Crippen molar-refractivity contribution in [2.75, 3.05) is 5.32 Å². The van der Waals surface area contributed by atoms with Crippen LogP contribution in [0.25, 0.3) is 0 Å². The van der Waals surface area contributed by atoms with Gasteiger partial charge in [-0.05, 0) is 38.8 Å². The molecule has 0 saturated heterocycles. The Hall–Kier alpha value is -2.05. The lowest BCUT2D eigenvalue weighted by Crippen LogP contribution is -2.49. The standard InChI is InChI=1S/C18H23F3N2O2/c1-17(2,15(24)22-12-8-4-3-5-9-12)16(25)23-14-11-7-6-10-13(14)18(19,20)21/h6-7,10-12H,3-5,8-9H2,1-2H3,(H,22,24)(H,23,25). The van der Waals surface area contributed by atoms with Crippen molar-refractivity contribution >= 4 is 17.5 Å². The van der Waals surface area contributed by atoms with Crippen LogP contribution in [-0.4, -0.2) is 17.9 Å². The van der Waals surface area contributed by atoms with Crippen LogP contribution in [0.15, 0.2) is 24.3 Å². The zero-order valence-electron chi connectivity index (χ0n) is 14.4. The Morgan fingerprint density at radius 1 is 1.00 bits per heavy atom. The van der Waals surface area contributed by atoms with Gasteiger partial charge in [0.25, 0.3) is 0 Å². The number of alkyl halides is 3. The molecule has 4 nitrogen and oxygen atoms in total. The maximum absolute atomic E-state index is 13.0. The van der Waals surface area contributed by atoms with Gasteiger partial charge in [-0.2, -0.15) is 13.2 Å². The summed E-state index contributed by atoms with van der Waals surface area (Å²) in [7, 11) is 0. The van der Waals surface area contributed by atoms with Crippen molar-refractivity contribution in [1.29, 1.82) is 0 Å². The van der Waals surface area contributed by atoms with Crippen LogP contribution in [0, 0.1) is 5.41 Å². The van der Waals surface area contributed by atoms with E-state index in [4.69, 9.17) is 0 Å². The van der Waals surface area contributed by atoms with Gasteiger partial charge in [-0.25, -0.2) is 0 Å². The second-order valence-corrected chi connectivity index (χ2v) is 6.93. The van der Waals surface area contributed by atoms with Crippen LogP contribution in [0.2, 0.25) is 0 Å². The van der Waals surface area contributed by atoms with Crippen molar-refractivity contribution in [1.82, 2.24) is 5.32 Å². The molecule has 1 fully saturated rings. The Labute approximate surface area is 145 Å². The molecule has 0 aliphatic heterocycles. The fourth-order valence-corrected chi connectivity index (χ4v) is 2.83. The van der Waals surface area contributed by atoms with E-state index in [9.17, 15) is 22.8 Å². The lowest BCUT2D eigenvalue weighted by atomic mass is 9.88. The van der Waals surface area contributed by atoms with Gasteiger partial charge < -0.3 is 10.6 Å². The Morgan fingerprint density at radius 2 is 1.60 bits per heavy atom. The van der Waals surface area contributed by atoms with Crippen LogP contribution in [0.4, 0.5) is 18.9 Å². The number of carbonyl (C=O) groups is 2. The third-order valence-electron chi connectivity index (χ3n) is 4.56. The molecule has 2 N–H and O–H groups in total.